The topological polar surface area (TPSA) is 291 Å². The lowest BCUT2D eigenvalue weighted by atomic mass is 9.84. The molecule has 0 aromatic rings. The molecule has 0 aromatic heterocycles. The van der Waals surface area contributed by atoms with Crippen molar-refractivity contribution in [3.8, 4) is 0 Å². The van der Waals surface area contributed by atoms with Gasteiger partial charge >= 0.3 is 18.0 Å². The predicted octanol–water partition coefficient (Wildman–Crippen LogP) is 1.89. The zero-order valence-corrected chi connectivity index (χ0v) is 39.5. The SMILES string of the molecule is C.COCCOC[C@@H]1CCCN([C@@H]2C=C(C(=O)O)C[C@H](N=C(C)NC(=O)OC(C)(C)C)[C@H]2NC(C)=O)C1.COCCOC[C@@H]1CCCN([C@@H]2C=C(C(=O)O)C[C@H](N=C(N)N)[C@H]2NC(C)=O)C1. The molecule has 0 spiro atoms. The third kappa shape index (κ3) is 20.1. The number of nitrogens with one attached hydrogen (secondary N) is 3. The number of alkyl carbamates (subject to hydrolysis) is 1. The molecule has 0 aromatic carbocycles. The Bertz CT molecular complexity index is 1710. The van der Waals surface area contributed by atoms with E-state index in [-0.39, 0.29) is 73.0 Å². The van der Waals surface area contributed by atoms with Crippen LogP contribution >= 0.6 is 0 Å². The van der Waals surface area contributed by atoms with E-state index in [2.05, 4.69) is 35.7 Å². The van der Waals surface area contributed by atoms with Crippen LogP contribution in [-0.2, 0) is 42.9 Å². The Labute approximate surface area is 390 Å². The number of amidine groups is 1. The van der Waals surface area contributed by atoms with Gasteiger partial charge in [0, 0.05) is 65.1 Å². The molecule has 2 heterocycles. The molecule has 4 rings (SSSR count). The molecule has 0 radical (unpaired) electrons. The van der Waals surface area contributed by atoms with Gasteiger partial charge in [-0.2, -0.15) is 0 Å². The van der Waals surface area contributed by atoms with Crippen LogP contribution in [0.1, 0.15) is 87.5 Å². The molecule has 376 valence electrons. The van der Waals surface area contributed by atoms with E-state index in [0.29, 0.717) is 52.1 Å². The number of aliphatic carboxylic acids is 2. The summed E-state index contributed by atoms with van der Waals surface area (Å²) in [5.41, 5.74) is 11.0. The Balaban J connectivity index is 0.000000457. The molecule has 2 fully saturated rings. The number of piperidine rings is 2. The van der Waals surface area contributed by atoms with Crippen LogP contribution in [0.3, 0.4) is 0 Å². The average Bonchev–Trinajstić information content (AvgIpc) is 3.21. The second kappa shape index (κ2) is 28.5. The number of hydrogen-bond acceptors (Lipinski definition) is 14. The summed E-state index contributed by atoms with van der Waals surface area (Å²) >= 11 is 0. The van der Waals surface area contributed by atoms with Crippen molar-refractivity contribution in [3.05, 3.63) is 23.3 Å². The summed E-state index contributed by atoms with van der Waals surface area (Å²) in [5, 5.41) is 27.9. The third-order valence-corrected chi connectivity index (χ3v) is 11.3. The zero-order valence-electron chi connectivity index (χ0n) is 39.5. The molecule has 0 bridgehead atoms. The van der Waals surface area contributed by atoms with Gasteiger partial charge in [0.15, 0.2) is 5.96 Å². The number of nitrogens with zero attached hydrogens (tertiary/aromatic N) is 4. The normalized spacial score (nSPS) is 26.2. The lowest BCUT2D eigenvalue weighted by Crippen LogP contribution is -2.59. The van der Waals surface area contributed by atoms with E-state index in [0.717, 1.165) is 45.3 Å². The van der Waals surface area contributed by atoms with E-state index in [1.165, 1.54) is 13.8 Å². The second-order valence-corrected chi connectivity index (χ2v) is 18.0. The van der Waals surface area contributed by atoms with E-state index >= 15 is 0 Å². The van der Waals surface area contributed by atoms with Gasteiger partial charge in [0.2, 0.25) is 11.8 Å². The van der Waals surface area contributed by atoms with E-state index < -0.39 is 47.8 Å². The number of methoxy groups -OCH3 is 2. The molecule has 8 atom stereocenters. The van der Waals surface area contributed by atoms with Gasteiger partial charge in [0.05, 0.1) is 75.9 Å². The van der Waals surface area contributed by atoms with Crippen molar-refractivity contribution in [3.63, 3.8) is 0 Å². The Morgan fingerprint density at radius 2 is 1.15 bits per heavy atom. The smallest absolute Gasteiger partial charge is 0.413 e. The maximum absolute atomic E-state index is 12.2. The van der Waals surface area contributed by atoms with Crippen LogP contribution in [0.4, 0.5) is 4.79 Å². The van der Waals surface area contributed by atoms with E-state index in [1.54, 1.807) is 54.1 Å². The summed E-state index contributed by atoms with van der Waals surface area (Å²) < 4.78 is 26.8. The number of nitrogens with two attached hydrogens (primary N) is 2. The van der Waals surface area contributed by atoms with Crippen LogP contribution in [0.5, 0.6) is 0 Å². The molecular formula is C45H79N9O12. The number of rotatable bonds is 18. The Morgan fingerprint density at radius 3 is 1.52 bits per heavy atom. The summed E-state index contributed by atoms with van der Waals surface area (Å²) in [6.07, 6.45) is 7.05. The average molecular weight is 938 g/mol. The number of guanidine groups is 1. The fourth-order valence-corrected chi connectivity index (χ4v) is 8.70. The van der Waals surface area contributed by atoms with Gasteiger partial charge in [0.25, 0.3) is 0 Å². The van der Waals surface area contributed by atoms with Crippen LogP contribution < -0.4 is 27.4 Å². The minimum Gasteiger partial charge on any atom is -0.478 e. The first kappa shape index (κ1) is 57.5. The fourth-order valence-electron chi connectivity index (χ4n) is 8.70. The van der Waals surface area contributed by atoms with Crippen LogP contribution in [0, 0.1) is 11.8 Å². The van der Waals surface area contributed by atoms with Gasteiger partial charge in [0.1, 0.15) is 11.4 Å². The molecule has 2 aliphatic heterocycles. The maximum Gasteiger partial charge on any atom is 0.413 e. The van der Waals surface area contributed by atoms with Crippen molar-refractivity contribution in [1.29, 1.82) is 0 Å². The second-order valence-electron chi connectivity index (χ2n) is 18.0. The first-order valence-corrected chi connectivity index (χ1v) is 22.4. The largest absolute Gasteiger partial charge is 0.478 e. The highest BCUT2D eigenvalue weighted by Crippen LogP contribution is 2.31. The molecule has 4 aliphatic rings. The van der Waals surface area contributed by atoms with E-state index in [1.807, 2.05) is 0 Å². The van der Waals surface area contributed by atoms with Gasteiger partial charge in [-0.1, -0.05) is 19.6 Å². The van der Waals surface area contributed by atoms with Crippen molar-refractivity contribution in [2.45, 2.75) is 129 Å². The highest BCUT2D eigenvalue weighted by atomic mass is 16.6. The van der Waals surface area contributed by atoms with Gasteiger partial charge in [-0.05, 0) is 78.3 Å². The van der Waals surface area contributed by atoms with Crippen LogP contribution in [0.25, 0.3) is 0 Å². The summed E-state index contributed by atoms with van der Waals surface area (Å²) in [6.45, 7) is 16.1. The molecule has 2 saturated heterocycles. The third-order valence-electron chi connectivity index (χ3n) is 11.3. The lowest BCUT2D eigenvalue weighted by Gasteiger charge is -2.44. The number of carboxylic acids is 2. The van der Waals surface area contributed by atoms with Crippen molar-refractivity contribution in [2.75, 3.05) is 80.0 Å². The fraction of sp³-hybridized carbons (Fsp3) is 0.756. The standard InChI is InChI=1S/C25H42N4O7.C19H33N5O5.CH4/c1-16(27-24(33)36-25(3,4)5)26-20-12-19(23(31)32)13-21(22(20)28-17(2)30)29-9-7-8-18(14-29)15-35-11-10-34-6;1-12(25)22-17-15(23-19(20)21)8-14(18(26)27)9-16(17)24-5-3-4-13(10-24)11-29-7-6-28-2;/h13,18,20-22H,7-12,14-15H2,1-6H3,(H,28,30)(H,31,32)(H,26,27,33);9,13,15-17H,3-8,10-11H2,1-2H3,(H,22,25)(H,26,27)(H4,20,21,23);1H4/t18-,20+,21-,22-;13-,15+,16-,17-;/m11./s1. The predicted molar refractivity (Wildman–Crippen MR) is 250 cm³/mol. The molecular weight excluding hydrogens is 859 g/mol. The van der Waals surface area contributed by atoms with Crippen LogP contribution in [0.2, 0.25) is 0 Å². The molecule has 66 heavy (non-hydrogen) atoms. The summed E-state index contributed by atoms with van der Waals surface area (Å²) in [7, 11) is 3.27. The molecule has 0 unspecified atom stereocenters. The van der Waals surface area contributed by atoms with E-state index in [9.17, 15) is 34.2 Å². The lowest BCUT2D eigenvalue weighted by molar-refractivity contribution is -0.134. The number of amides is 3. The minimum absolute atomic E-state index is 0. The Morgan fingerprint density at radius 1 is 0.727 bits per heavy atom. The summed E-state index contributed by atoms with van der Waals surface area (Å²) in [5.74, 6) is -1.68. The molecule has 9 N–H and O–H groups in total. The number of aliphatic imine (C=N–C) groups is 2. The highest BCUT2D eigenvalue weighted by molar-refractivity contribution is 5.94. The van der Waals surface area contributed by atoms with Crippen molar-refractivity contribution < 1.29 is 57.9 Å². The Kier molecular flexibility index (Phi) is 24.8. The number of ether oxygens (including phenoxy) is 5. The van der Waals surface area contributed by atoms with Crippen molar-refractivity contribution in [2.24, 2.45) is 33.3 Å². The highest BCUT2D eigenvalue weighted by Gasteiger charge is 2.42. The van der Waals surface area contributed by atoms with Crippen LogP contribution in [0.15, 0.2) is 33.3 Å². The Hall–Kier alpha value is -4.67. The number of carboxylic acid groups (broad SMARTS) is 2. The minimum atomic E-state index is -1.02. The first-order valence-electron chi connectivity index (χ1n) is 22.4. The molecule has 2 aliphatic carbocycles. The monoisotopic (exact) mass is 938 g/mol. The number of carbonyl (C=O) groups excluding carboxylic acids is 3. The first-order chi connectivity index (χ1) is 30.7. The zero-order chi connectivity index (χ0) is 48.3. The summed E-state index contributed by atoms with van der Waals surface area (Å²) in [6, 6.07) is -2.67. The van der Waals surface area contributed by atoms with Gasteiger partial charge in [-0.25, -0.2) is 19.4 Å². The van der Waals surface area contributed by atoms with Gasteiger partial charge in [-0.3, -0.25) is 29.7 Å². The quantitative estimate of drug-likeness (QED) is 0.0587. The van der Waals surface area contributed by atoms with Crippen LogP contribution in [-0.4, -0.2) is 184 Å². The summed E-state index contributed by atoms with van der Waals surface area (Å²) in [4.78, 5) is 73.1. The van der Waals surface area contributed by atoms with Crippen molar-refractivity contribution >= 4 is 41.6 Å². The molecule has 21 nitrogen and oxygen atoms in total. The van der Waals surface area contributed by atoms with Crippen molar-refractivity contribution in [1.82, 2.24) is 25.8 Å². The maximum atomic E-state index is 12.2. The number of hydrogen-bond donors (Lipinski definition) is 7. The molecule has 21 heteroatoms. The number of likely N-dealkylation sites (tertiary alicyclic amines) is 2. The molecule has 0 saturated carbocycles. The van der Waals surface area contributed by atoms with Gasteiger partial charge < -0.3 is 56.0 Å². The van der Waals surface area contributed by atoms with E-state index in [4.69, 9.17) is 35.2 Å². The number of carbonyl (C=O) groups is 5. The van der Waals surface area contributed by atoms with Gasteiger partial charge in [-0.15, -0.1) is 0 Å². The molecule has 3 amide bonds.